The molecular formula is C29H39N5O5. The molecule has 2 atom stereocenters. The molecule has 3 aromatic rings. The Hall–Kier alpha value is -3.82. The monoisotopic (exact) mass is 537 g/mol. The third-order valence-electron chi connectivity index (χ3n) is 7.17. The fraction of sp³-hybridized carbons (Fsp3) is 0.517. The van der Waals surface area contributed by atoms with Crippen molar-refractivity contribution in [2.75, 3.05) is 13.1 Å². The molecule has 2 aromatic heterocycles. The van der Waals surface area contributed by atoms with Crippen molar-refractivity contribution in [2.24, 2.45) is 5.92 Å². The quantitative estimate of drug-likeness (QED) is 0.302. The van der Waals surface area contributed by atoms with Gasteiger partial charge in [-0.25, -0.2) is 14.6 Å². The molecule has 0 unspecified atom stereocenters. The number of carbonyl (C=O) groups excluding carboxylic acids is 2. The number of H-pyrrole nitrogens is 1. The average molecular weight is 538 g/mol. The maximum Gasteiger partial charge on any atom is 0.358 e. The number of benzene rings is 1. The van der Waals surface area contributed by atoms with Crippen LogP contribution in [0.15, 0.2) is 34.9 Å². The summed E-state index contributed by atoms with van der Waals surface area (Å²) in [5.41, 5.74) is 1.86. The van der Waals surface area contributed by atoms with Crippen molar-refractivity contribution in [3.05, 3.63) is 53.4 Å². The van der Waals surface area contributed by atoms with Gasteiger partial charge in [-0.15, -0.1) is 0 Å². The van der Waals surface area contributed by atoms with Crippen LogP contribution >= 0.6 is 0 Å². The lowest BCUT2D eigenvalue weighted by molar-refractivity contribution is -0.124. The van der Waals surface area contributed by atoms with E-state index in [9.17, 15) is 19.5 Å². The van der Waals surface area contributed by atoms with Gasteiger partial charge in [-0.3, -0.25) is 4.79 Å². The van der Waals surface area contributed by atoms with Crippen molar-refractivity contribution in [3.8, 4) is 0 Å². The zero-order valence-corrected chi connectivity index (χ0v) is 23.0. The smallest absolute Gasteiger partial charge is 0.358 e. The van der Waals surface area contributed by atoms with E-state index in [1.807, 2.05) is 44.3 Å². The van der Waals surface area contributed by atoms with Crippen LogP contribution in [0.2, 0.25) is 0 Å². The minimum Gasteiger partial charge on any atom is -0.476 e. The Labute approximate surface area is 228 Å². The number of nitrogens with zero attached hydrogens (tertiary/aromatic N) is 2. The Morgan fingerprint density at radius 1 is 1.08 bits per heavy atom. The van der Waals surface area contributed by atoms with Crippen LogP contribution in [-0.2, 0) is 17.6 Å². The Morgan fingerprint density at radius 2 is 1.79 bits per heavy atom. The van der Waals surface area contributed by atoms with Gasteiger partial charge in [0.15, 0.2) is 11.6 Å². The number of likely N-dealkylation sites (tertiary alicyclic amines) is 1. The first-order chi connectivity index (χ1) is 18.7. The van der Waals surface area contributed by atoms with E-state index in [-0.39, 0.29) is 41.6 Å². The number of carbonyl (C=O) groups is 3. The maximum absolute atomic E-state index is 13.6. The van der Waals surface area contributed by atoms with Crippen molar-refractivity contribution in [1.82, 2.24) is 25.5 Å². The second-order valence-electron chi connectivity index (χ2n) is 10.8. The zero-order valence-electron chi connectivity index (χ0n) is 23.0. The van der Waals surface area contributed by atoms with Crippen LogP contribution in [0, 0.1) is 12.8 Å². The molecule has 4 N–H and O–H groups in total. The van der Waals surface area contributed by atoms with Crippen molar-refractivity contribution in [2.45, 2.75) is 77.8 Å². The number of aromatic amines is 1. The predicted molar refractivity (Wildman–Crippen MR) is 148 cm³/mol. The molecular weight excluding hydrogens is 498 g/mol. The second-order valence-corrected chi connectivity index (χ2v) is 10.8. The molecule has 0 radical (unpaired) electrons. The summed E-state index contributed by atoms with van der Waals surface area (Å²) in [5.74, 6) is -0.794. The molecule has 3 heterocycles. The van der Waals surface area contributed by atoms with Crippen molar-refractivity contribution in [3.63, 3.8) is 0 Å². The van der Waals surface area contributed by atoms with Gasteiger partial charge in [0.05, 0.1) is 0 Å². The summed E-state index contributed by atoms with van der Waals surface area (Å²) in [6.45, 7) is 6.99. The average Bonchev–Trinajstić information content (AvgIpc) is 3.34. The number of hydrogen-bond acceptors (Lipinski definition) is 5. The molecule has 10 nitrogen and oxygen atoms in total. The molecule has 1 aromatic carbocycles. The second kappa shape index (κ2) is 12.8. The summed E-state index contributed by atoms with van der Waals surface area (Å²) in [6.07, 6.45) is 7.23. The molecule has 210 valence electrons. The Bertz CT molecular complexity index is 1290. The van der Waals surface area contributed by atoms with Gasteiger partial charge in [-0.2, -0.15) is 0 Å². The number of carboxylic acid groups (broad SMARTS) is 1. The number of fused-ring (bicyclic) bond motifs is 1. The van der Waals surface area contributed by atoms with Crippen LogP contribution < -0.4 is 10.6 Å². The number of aryl methyl sites for hydroxylation is 1. The van der Waals surface area contributed by atoms with Gasteiger partial charge >= 0.3 is 12.0 Å². The lowest BCUT2D eigenvalue weighted by Crippen LogP contribution is -2.54. The predicted octanol–water partition coefficient (Wildman–Crippen LogP) is 4.43. The van der Waals surface area contributed by atoms with Gasteiger partial charge < -0.3 is 30.0 Å². The summed E-state index contributed by atoms with van der Waals surface area (Å²) in [5, 5.41) is 16.6. The van der Waals surface area contributed by atoms with Gasteiger partial charge in [0.2, 0.25) is 5.91 Å². The van der Waals surface area contributed by atoms with Crippen LogP contribution in [0.4, 0.5) is 4.79 Å². The first kappa shape index (κ1) is 28.2. The summed E-state index contributed by atoms with van der Waals surface area (Å²) in [7, 11) is 0. The Kier molecular flexibility index (Phi) is 9.27. The highest BCUT2D eigenvalue weighted by atomic mass is 16.4. The molecule has 1 fully saturated rings. The number of oxazole rings is 1. The Balaban J connectivity index is 1.54. The van der Waals surface area contributed by atoms with Crippen molar-refractivity contribution >= 4 is 28.8 Å². The number of urea groups is 1. The van der Waals surface area contributed by atoms with Crippen molar-refractivity contribution in [1.29, 1.82) is 0 Å². The molecule has 10 heteroatoms. The highest BCUT2D eigenvalue weighted by Gasteiger charge is 2.28. The molecule has 0 spiro atoms. The molecule has 0 bridgehead atoms. The summed E-state index contributed by atoms with van der Waals surface area (Å²) in [4.78, 5) is 47.5. The van der Waals surface area contributed by atoms with E-state index < -0.39 is 18.1 Å². The summed E-state index contributed by atoms with van der Waals surface area (Å²) in [6, 6.07) is 6.56. The molecule has 1 saturated heterocycles. The minimum absolute atomic E-state index is 0.135. The van der Waals surface area contributed by atoms with Crippen molar-refractivity contribution < 1.29 is 23.9 Å². The minimum atomic E-state index is -1.16. The molecule has 4 rings (SSSR count). The van der Waals surface area contributed by atoms with Crippen LogP contribution in [0.5, 0.6) is 0 Å². The highest BCUT2D eigenvalue weighted by Crippen LogP contribution is 2.21. The number of aromatic carboxylic acids is 1. The summed E-state index contributed by atoms with van der Waals surface area (Å²) < 4.78 is 5.65. The van der Waals surface area contributed by atoms with Gasteiger partial charge in [0.25, 0.3) is 0 Å². The SMILES string of the molecule is Cc1oc(C[C@@H](Cc2c[nH]c3ccccc23)NC(=O)[C@H](CC(C)C)NC(=O)N2CCCCCC2)nc1C(=O)O. The fourth-order valence-electron chi connectivity index (χ4n) is 5.21. The third-order valence-corrected chi connectivity index (χ3v) is 7.17. The molecule has 0 saturated carbocycles. The molecule has 0 aliphatic carbocycles. The summed E-state index contributed by atoms with van der Waals surface area (Å²) >= 11 is 0. The number of rotatable bonds is 10. The third kappa shape index (κ3) is 7.40. The Morgan fingerprint density at radius 3 is 2.46 bits per heavy atom. The van der Waals surface area contributed by atoms with Crippen LogP contribution in [0.1, 0.15) is 73.7 Å². The molecule has 1 aliphatic rings. The molecule has 39 heavy (non-hydrogen) atoms. The topological polar surface area (TPSA) is 141 Å². The van der Waals surface area contributed by atoms with Gasteiger partial charge in [-0.1, -0.05) is 44.9 Å². The number of hydrogen-bond donors (Lipinski definition) is 4. The van der Waals surface area contributed by atoms with E-state index in [1.54, 1.807) is 11.8 Å². The van der Waals surface area contributed by atoms with Crippen LogP contribution in [0.25, 0.3) is 10.9 Å². The normalized spacial score (nSPS) is 15.6. The lowest BCUT2D eigenvalue weighted by atomic mass is 10.00. The first-order valence-corrected chi connectivity index (χ1v) is 13.8. The number of nitrogens with one attached hydrogen (secondary N) is 3. The van der Waals surface area contributed by atoms with E-state index in [1.165, 1.54) is 0 Å². The van der Waals surface area contributed by atoms with Gasteiger partial charge in [0, 0.05) is 42.7 Å². The zero-order chi connectivity index (χ0) is 27.9. The van der Waals surface area contributed by atoms with E-state index in [4.69, 9.17) is 4.42 Å². The lowest BCUT2D eigenvalue weighted by Gasteiger charge is -2.27. The van der Waals surface area contributed by atoms with Crippen LogP contribution in [-0.4, -0.2) is 63.1 Å². The number of carboxylic acids is 1. The number of aromatic nitrogens is 2. The van der Waals surface area contributed by atoms with E-state index >= 15 is 0 Å². The number of amides is 3. The number of para-hydroxylation sites is 1. The highest BCUT2D eigenvalue weighted by molar-refractivity contribution is 5.88. The van der Waals surface area contributed by atoms with Gasteiger partial charge in [-0.05, 0) is 50.2 Å². The first-order valence-electron chi connectivity index (χ1n) is 13.8. The molecule has 1 aliphatic heterocycles. The van der Waals surface area contributed by atoms with Crippen LogP contribution in [0.3, 0.4) is 0 Å². The fourth-order valence-corrected chi connectivity index (χ4v) is 5.21. The molecule has 3 amide bonds. The van der Waals surface area contributed by atoms with E-state index in [0.717, 1.165) is 42.1 Å². The van der Waals surface area contributed by atoms with E-state index in [0.29, 0.717) is 25.9 Å². The van der Waals surface area contributed by atoms with Gasteiger partial charge in [0.1, 0.15) is 11.8 Å². The standard InChI is InChI=1S/C29H39N5O5/c1-18(2)14-24(32-29(38)34-12-8-4-5-9-13-34)27(35)31-21(16-25-33-26(28(36)37)19(3)39-25)15-20-17-30-23-11-7-6-10-22(20)23/h6-7,10-11,17-18,21,24,30H,4-5,8-9,12-16H2,1-3H3,(H,31,35)(H,32,38)(H,36,37)/t21-,24+/m1/s1. The largest absolute Gasteiger partial charge is 0.476 e. The maximum atomic E-state index is 13.6. The van der Waals surface area contributed by atoms with E-state index in [2.05, 4.69) is 20.6 Å².